The van der Waals surface area contributed by atoms with Gasteiger partial charge in [0.1, 0.15) is 11.7 Å². The summed E-state index contributed by atoms with van der Waals surface area (Å²) in [6, 6.07) is 10.2. The molecule has 236 valence electrons. The topological polar surface area (TPSA) is 223 Å². The molecule has 1 saturated heterocycles. The minimum absolute atomic E-state index is 0.139. The number of fused-ring (bicyclic) bond motifs is 1. The van der Waals surface area contributed by atoms with Gasteiger partial charge in [0.15, 0.2) is 30.3 Å². The Morgan fingerprint density at radius 3 is 2.44 bits per heavy atom. The number of aromatic carboxylic acids is 1. The second kappa shape index (κ2) is 13.1. The van der Waals surface area contributed by atoms with E-state index in [0.717, 1.165) is 6.33 Å². The van der Waals surface area contributed by atoms with Gasteiger partial charge in [-0.05, 0) is 17.5 Å². The van der Waals surface area contributed by atoms with E-state index in [-0.39, 0.29) is 36.3 Å². The number of carboxylic acids is 2. The Labute approximate surface area is 261 Å². The van der Waals surface area contributed by atoms with E-state index in [1.54, 1.807) is 64.3 Å². The number of aryl methyl sites for hydroxylation is 1. The van der Waals surface area contributed by atoms with Crippen molar-refractivity contribution >= 4 is 45.6 Å². The fourth-order valence-corrected chi connectivity index (χ4v) is 7.00. The van der Waals surface area contributed by atoms with Crippen LogP contribution in [0.4, 0.5) is 0 Å². The summed E-state index contributed by atoms with van der Waals surface area (Å²) in [7, 11) is -4.08. The molecule has 3 atom stereocenters. The molecule has 0 radical (unpaired) electrons. The molecule has 45 heavy (non-hydrogen) atoms. The molecule has 2 aromatic heterocycles. The monoisotopic (exact) mass is 657 g/mol. The third-order valence-corrected chi connectivity index (χ3v) is 9.51. The number of carbonyl (C=O) groups excluding carboxylic acids is 2. The molecule has 4 heterocycles. The number of aromatic amines is 1. The molecule has 6 N–H and O–H groups in total. The van der Waals surface area contributed by atoms with Crippen molar-refractivity contribution in [2.75, 3.05) is 18.1 Å². The lowest BCUT2D eigenvalue weighted by Crippen LogP contribution is -2.67. The highest BCUT2D eigenvalue weighted by molar-refractivity contribution is 8.00. The lowest BCUT2D eigenvalue weighted by atomic mass is 10.0. The first kappa shape index (κ1) is 31.7. The highest BCUT2D eigenvalue weighted by atomic mass is 32.2. The molecule has 2 aliphatic heterocycles. The lowest BCUT2D eigenvalue weighted by molar-refractivity contribution is -0.689. The highest BCUT2D eigenvalue weighted by Gasteiger charge is 2.47. The summed E-state index contributed by atoms with van der Waals surface area (Å²) in [6.07, 6.45) is 4.63. The van der Waals surface area contributed by atoms with Crippen molar-refractivity contribution in [2.45, 2.75) is 30.4 Å². The van der Waals surface area contributed by atoms with Gasteiger partial charge < -0.3 is 30.7 Å². The van der Waals surface area contributed by atoms with Crippen LogP contribution in [0.3, 0.4) is 0 Å². The average molecular weight is 658 g/mol. The third-order valence-electron chi connectivity index (χ3n) is 7.35. The maximum atomic E-state index is 13.5. The van der Waals surface area contributed by atoms with E-state index in [4.69, 9.17) is 4.55 Å². The van der Waals surface area contributed by atoms with Crippen LogP contribution in [0.2, 0.25) is 0 Å². The zero-order valence-electron chi connectivity index (χ0n) is 23.5. The minimum atomic E-state index is -4.08. The minimum Gasteiger partial charge on any atom is -0.477 e. The van der Waals surface area contributed by atoms with Crippen molar-refractivity contribution in [3.8, 4) is 0 Å². The van der Waals surface area contributed by atoms with Gasteiger partial charge in [-0.15, -0.1) is 11.8 Å². The van der Waals surface area contributed by atoms with Crippen LogP contribution >= 0.6 is 11.8 Å². The molecular weight excluding hydrogens is 628 g/mol. The second-order valence-electron chi connectivity index (χ2n) is 10.4. The number of aromatic nitrogens is 3. The van der Waals surface area contributed by atoms with Gasteiger partial charge in [-0.3, -0.25) is 14.1 Å². The van der Waals surface area contributed by atoms with Crippen molar-refractivity contribution < 1.29 is 46.9 Å². The number of amides is 2. The number of carboxylic acid groups (broad SMARTS) is 2. The van der Waals surface area contributed by atoms with Crippen LogP contribution in [0.1, 0.15) is 38.1 Å². The summed E-state index contributed by atoms with van der Waals surface area (Å²) in [4.78, 5) is 58.1. The van der Waals surface area contributed by atoms with E-state index in [1.807, 2.05) is 0 Å². The van der Waals surface area contributed by atoms with Crippen LogP contribution in [0.5, 0.6) is 0 Å². The molecule has 0 bridgehead atoms. The van der Waals surface area contributed by atoms with Crippen LogP contribution < -0.4 is 15.2 Å². The summed E-state index contributed by atoms with van der Waals surface area (Å²) in [6.45, 7) is 0.493. The molecule has 1 aromatic carbocycles. The van der Waals surface area contributed by atoms with E-state index in [1.165, 1.54) is 11.8 Å². The van der Waals surface area contributed by atoms with Crippen molar-refractivity contribution in [3.63, 3.8) is 0 Å². The molecule has 2 aliphatic rings. The maximum absolute atomic E-state index is 13.5. The molecule has 3 aromatic rings. The number of H-pyrrole nitrogens is 1. The van der Waals surface area contributed by atoms with Gasteiger partial charge in [0.2, 0.25) is 5.91 Å². The van der Waals surface area contributed by atoms with Crippen LogP contribution in [-0.4, -0.2) is 91.3 Å². The molecule has 0 saturated carbocycles. The number of carbonyl (C=O) groups is 4. The molecule has 15 nitrogen and oxygen atoms in total. The number of benzene rings is 1. The first-order valence-corrected chi connectivity index (χ1v) is 16.3. The number of rotatable bonds is 12. The summed E-state index contributed by atoms with van der Waals surface area (Å²) < 4.78 is 32.8. The van der Waals surface area contributed by atoms with Crippen LogP contribution in [0, 0.1) is 0 Å². The Hall–Kier alpha value is -4.74. The number of thioether (sulfide) groups is 1. The van der Waals surface area contributed by atoms with Gasteiger partial charge in [-0.1, -0.05) is 30.3 Å². The summed E-state index contributed by atoms with van der Waals surface area (Å²) in [5.41, 5.74) is 1.17. The zero-order valence-corrected chi connectivity index (χ0v) is 25.1. The quantitative estimate of drug-likeness (QED) is 0.114. The number of nitrogens with zero attached hydrogens (tertiary/aromatic N) is 3. The highest BCUT2D eigenvalue weighted by Crippen LogP contribution is 2.39. The first-order chi connectivity index (χ1) is 21.4. The van der Waals surface area contributed by atoms with Gasteiger partial charge in [0.25, 0.3) is 16.0 Å². The zero-order chi connectivity index (χ0) is 32.3. The molecule has 5 rings (SSSR count). The Morgan fingerprint density at radius 1 is 1.09 bits per heavy atom. The smallest absolute Gasteiger partial charge is 0.354 e. The van der Waals surface area contributed by atoms with E-state index in [9.17, 15) is 37.8 Å². The van der Waals surface area contributed by atoms with E-state index in [2.05, 4.69) is 20.6 Å². The molecule has 0 aliphatic carbocycles. The van der Waals surface area contributed by atoms with Crippen molar-refractivity contribution in [1.82, 2.24) is 25.5 Å². The van der Waals surface area contributed by atoms with E-state index < -0.39 is 57.4 Å². The van der Waals surface area contributed by atoms with Crippen LogP contribution in [-0.2, 0) is 32.7 Å². The van der Waals surface area contributed by atoms with Gasteiger partial charge in [0.05, 0.1) is 23.5 Å². The van der Waals surface area contributed by atoms with Crippen LogP contribution in [0.15, 0.2) is 72.5 Å². The summed E-state index contributed by atoms with van der Waals surface area (Å²) >= 11 is 1.47. The molecule has 2 amide bonds. The number of hydrogen-bond acceptors (Lipinski definition) is 9. The summed E-state index contributed by atoms with van der Waals surface area (Å²) in [5.74, 6) is -3.91. The Morgan fingerprint density at radius 2 is 1.80 bits per heavy atom. The van der Waals surface area contributed by atoms with Gasteiger partial charge in [-0.2, -0.15) is 8.42 Å². The fourth-order valence-electron chi connectivity index (χ4n) is 5.15. The number of aliphatic carboxylic acids is 1. The number of nitrogens with one attached hydrogen (secondary N) is 3. The van der Waals surface area contributed by atoms with E-state index >= 15 is 0 Å². The number of pyridine rings is 1. The largest absolute Gasteiger partial charge is 0.477 e. The normalized spacial score (nSPS) is 18.4. The van der Waals surface area contributed by atoms with Crippen molar-refractivity contribution in [1.29, 1.82) is 0 Å². The fraction of sp³-hybridized carbons (Fsp3) is 0.286. The Bertz CT molecular complexity index is 1760. The predicted octanol–water partition coefficient (Wildman–Crippen LogP) is 0.209. The number of hydrogen-bond donors (Lipinski definition) is 6. The molecular formula is C28H29N6O9S2+. The molecule has 3 unspecified atom stereocenters. The van der Waals surface area contributed by atoms with Crippen molar-refractivity contribution in [2.24, 2.45) is 0 Å². The van der Waals surface area contributed by atoms with Gasteiger partial charge >= 0.3 is 11.9 Å². The molecule has 0 spiro atoms. The molecule has 1 fully saturated rings. The van der Waals surface area contributed by atoms with Gasteiger partial charge in [0, 0.05) is 30.0 Å². The summed E-state index contributed by atoms with van der Waals surface area (Å²) in [5, 5.41) is 24.5. The Kier molecular flexibility index (Phi) is 9.21. The first-order valence-electron chi connectivity index (χ1n) is 13.6. The van der Waals surface area contributed by atoms with Crippen LogP contribution in [0.25, 0.3) is 0 Å². The average Bonchev–Trinajstić information content (AvgIpc) is 3.49. The maximum Gasteiger partial charge on any atom is 0.354 e. The van der Waals surface area contributed by atoms with Crippen molar-refractivity contribution in [3.05, 3.63) is 95.0 Å². The SMILES string of the molecule is O=C(O)C1=C(C[n+]2ccc(CCS(=O)(=O)O)cc2)CSC2C(NC(=O)C(NC(=O)c3nc[nH]c3C(=O)O)c3ccccc3)CN12. The molecule has 17 heteroatoms. The lowest BCUT2D eigenvalue weighted by Gasteiger charge is -2.51. The second-order valence-corrected chi connectivity index (χ2v) is 13.1. The Balaban J connectivity index is 1.27. The standard InChI is InChI=1S/C28H28N6O9S2/c35-24(20(17-4-2-1-3-5-17)32-25(36)21-22(27(37)38)30-15-29-21)31-19-13-34-23(28(39)40)18(14-44-26(19)34)12-33-9-6-16(7-10-33)8-11-45(41,42)43/h1-7,9-10,15,19-20,26H,8,11-14H2,(H5-,29,30,31,32,35,36,37,38,39,40,41,42,43)/p+1. The van der Waals surface area contributed by atoms with E-state index in [0.29, 0.717) is 22.5 Å². The predicted molar refractivity (Wildman–Crippen MR) is 158 cm³/mol. The number of imidazole rings is 1. The van der Waals surface area contributed by atoms with Gasteiger partial charge in [-0.25, -0.2) is 19.1 Å². The third kappa shape index (κ3) is 7.33.